The highest BCUT2D eigenvalue weighted by molar-refractivity contribution is 6.06. The van der Waals surface area contributed by atoms with Gasteiger partial charge in [-0.15, -0.1) is 0 Å². The van der Waals surface area contributed by atoms with E-state index in [0.717, 1.165) is 34.2 Å². The van der Waals surface area contributed by atoms with Crippen LogP contribution in [0.2, 0.25) is 0 Å². The molecule has 3 aromatic rings. The first-order valence-corrected chi connectivity index (χ1v) is 9.02. The van der Waals surface area contributed by atoms with Gasteiger partial charge in [0.25, 0.3) is 5.91 Å². The number of carbonyl (C=O) groups excluding carboxylic acids is 1. The Bertz CT molecular complexity index is 1200. The van der Waals surface area contributed by atoms with Crippen molar-refractivity contribution in [3.05, 3.63) is 95.8 Å². The Hall–Kier alpha value is -3.53. The van der Waals surface area contributed by atoms with E-state index in [1.165, 1.54) is 0 Å². The number of aromatic nitrogens is 2. The van der Waals surface area contributed by atoms with E-state index in [4.69, 9.17) is 4.98 Å². The van der Waals surface area contributed by atoms with Crippen LogP contribution in [0.5, 0.6) is 0 Å². The number of allylic oxidation sites excluding steroid dienone is 7. The molecular formula is C23H17N3O. The van der Waals surface area contributed by atoms with Gasteiger partial charge in [-0.1, -0.05) is 48.6 Å². The molecule has 1 unspecified atom stereocenters. The molecule has 1 amide bonds. The topological polar surface area (TPSA) is 54.9 Å². The van der Waals surface area contributed by atoms with Crippen molar-refractivity contribution >= 4 is 28.0 Å². The van der Waals surface area contributed by atoms with Gasteiger partial charge in [0.05, 0.1) is 22.1 Å². The smallest absolute Gasteiger partial charge is 0.257 e. The van der Waals surface area contributed by atoms with E-state index in [9.17, 15) is 4.79 Å². The molecule has 0 saturated carbocycles. The lowest BCUT2D eigenvalue weighted by Crippen LogP contribution is -2.26. The third-order valence-electron chi connectivity index (χ3n) is 4.98. The average Bonchev–Trinajstić information content (AvgIpc) is 2.72. The van der Waals surface area contributed by atoms with Gasteiger partial charge in [-0.05, 0) is 42.3 Å². The molecule has 4 nitrogen and oxygen atoms in total. The Balaban J connectivity index is 1.57. The molecule has 2 aliphatic carbocycles. The summed E-state index contributed by atoms with van der Waals surface area (Å²) < 4.78 is 0. The van der Waals surface area contributed by atoms with Gasteiger partial charge >= 0.3 is 0 Å². The van der Waals surface area contributed by atoms with Crippen LogP contribution in [0.25, 0.3) is 22.1 Å². The average molecular weight is 351 g/mol. The van der Waals surface area contributed by atoms with Gasteiger partial charge in [0, 0.05) is 11.6 Å². The minimum atomic E-state index is -0.166. The quantitative estimate of drug-likeness (QED) is 0.693. The SMILES string of the molecule is O=C(NC1=C2C=CC=CC2CC=C1)c1cccc2nc3ccccc3nc12. The molecule has 0 saturated heterocycles. The molecule has 0 spiro atoms. The van der Waals surface area contributed by atoms with E-state index < -0.39 is 0 Å². The van der Waals surface area contributed by atoms with Gasteiger partial charge < -0.3 is 5.32 Å². The van der Waals surface area contributed by atoms with Gasteiger partial charge in [0.15, 0.2) is 0 Å². The first-order valence-electron chi connectivity index (χ1n) is 9.02. The molecule has 4 heteroatoms. The highest BCUT2D eigenvalue weighted by Crippen LogP contribution is 2.29. The molecule has 2 aromatic carbocycles. The molecule has 0 fully saturated rings. The third kappa shape index (κ3) is 2.75. The molecule has 0 radical (unpaired) electrons. The molecule has 2 aliphatic rings. The number of carbonyl (C=O) groups is 1. The van der Waals surface area contributed by atoms with Crippen LogP contribution >= 0.6 is 0 Å². The van der Waals surface area contributed by atoms with E-state index >= 15 is 0 Å². The second kappa shape index (κ2) is 6.32. The van der Waals surface area contributed by atoms with Crippen LogP contribution in [0.15, 0.2) is 90.2 Å². The van der Waals surface area contributed by atoms with Crippen molar-refractivity contribution in [2.75, 3.05) is 0 Å². The monoisotopic (exact) mass is 351 g/mol. The number of nitrogens with zero attached hydrogens (tertiary/aromatic N) is 2. The summed E-state index contributed by atoms with van der Waals surface area (Å²) in [5.41, 5.74) is 5.47. The summed E-state index contributed by atoms with van der Waals surface area (Å²) in [4.78, 5) is 22.4. The zero-order chi connectivity index (χ0) is 18.2. The largest absolute Gasteiger partial charge is 0.322 e. The van der Waals surface area contributed by atoms with Crippen LogP contribution in [0, 0.1) is 5.92 Å². The molecule has 130 valence electrons. The number of amides is 1. The highest BCUT2D eigenvalue weighted by atomic mass is 16.1. The van der Waals surface area contributed by atoms with E-state index in [2.05, 4.69) is 34.6 Å². The highest BCUT2D eigenvalue weighted by Gasteiger charge is 2.20. The predicted molar refractivity (Wildman–Crippen MR) is 107 cm³/mol. The number of fused-ring (bicyclic) bond motifs is 3. The fraction of sp³-hybridized carbons (Fsp3) is 0.0870. The lowest BCUT2D eigenvalue weighted by Gasteiger charge is -2.23. The molecule has 1 heterocycles. The zero-order valence-corrected chi connectivity index (χ0v) is 14.6. The number of hydrogen-bond donors (Lipinski definition) is 1. The number of hydrogen-bond acceptors (Lipinski definition) is 3. The Morgan fingerprint density at radius 2 is 1.74 bits per heavy atom. The van der Waals surface area contributed by atoms with Crippen LogP contribution in [0.1, 0.15) is 16.8 Å². The lowest BCUT2D eigenvalue weighted by atomic mass is 9.86. The van der Waals surface area contributed by atoms with Crippen molar-refractivity contribution in [3.63, 3.8) is 0 Å². The molecule has 0 aliphatic heterocycles. The van der Waals surface area contributed by atoms with E-state index in [1.54, 1.807) is 6.07 Å². The normalized spacial score (nSPS) is 18.1. The van der Waals surface area contributed by atoms with Crippen molar-refractivity contribution in [2.24, 2.45) is 5.92 Å². The fourth-order valence-electron chi connectivity index (χ4n) is 3.64. The summed E-state index contributed by atoms with van der Waals surface area (Å²) >= 11 is 0. The molecule has 1 aromatic heterocycles. The number of benzene rings is 2. The maximum Gasteiger partial charge on any atom is 0.257 e. The van der Waals surface area contributed by atoms with Crippen molar-refractivity contribution in [3.8, 4) is 0 Å². The first-order chi connectivity index (χ1) is 13.3. The van der Waals surface area contributed by atoms with Crippen molar-refractivity contribution in [2.45, 2.75) is 6.42 Å². The van der Waals surface area contributed by atoms with Crippen molar-refractivity contribution in [1.82, 2.24) is 15.3 Å². The van der Waals surface area contributed by atoms with E-state index in [-0.39, 0.29) is 5.91 Å². The van der Waals surface area contributed by atoms with E-state index in [0.29, 0.717) is 17.0 Å². The van der Waals surface area contributed by atoms with Crippen LogP contribution in [0.3, 0.4) is 0 Å². The zero-order valence-electron chi connectivity index (χ0n) is 14.6. The summed E-state index contributed by atoms with van der Waals surface area (Å²) in [6.45, 7) is 0. The second-order valence-electron chi connectivity index (χ2n) is 6.70. The molecule has 1 N–H and O–H groups in total. The fourth-order valence-corrected chi connectivity index (χ4v) is 3.64. The van der Waals surface area contributed by atoms with Crippen LogP contribution in [-0.4, -0.2) is 15.9 Å². The number of para-hydroxylation sites is 3. The van der Waals surface area contributed by atoms with E-state index in [1.807, 2.05) is 48.6 Å². The van der Waals surface area contributed by atoms with Gasteiger partial charge in [0.2, 0.25) is 0 Å². The summed E-state index contributed by atoms with van der Waals surface area (Å²) in [5.74, 6) is 0.160. The van der Waals surface area contributed by atoms with Crippen LogP contribution < -0.4 is 5.32 Å². The molecule has 27 heavy (non-hydrogen) atoms. The maximum atomic E-state index is 13.0. The molecule has 1 atom stereocenters. The standard InChI is InChI=1S/C23H17N3O/c27-23(26-18-13-5-8-15-7-1-2-9-16(15)18)17-10-6-14-21-22(17)25-20-12-4-3-11-19(20)24-21/h1-7,9-15H,8H2,(H,26,27). The Morgan fingerprint density at radius 1 is 0.926 bits per heavy atom. The van der Waals surface area contributed by atoms with Crippen molar-refractivity contribution < 1.29 is 4.79 Å². The summed E-state index contributed by atoms with van der Waals surface area (Å²) in [5, 5.41) is 3.08. The first kappa shape index (κ1) is 15.7. The molecule has 5 rings (SSSR count). The van der Waals surface area contributed by atoms with Crippen molar-refractivity contribution in [1.29, 1.82) is 0 Å². The van der Waals surface area contributed by atoms with Crippen LogP contribution in [-0.2, 0) is 0 Å². The Morgan fingerprint density at radius 3 is 2.63 bits per heavy atom. The Kier molecular flexibility index (Phi) is 3.68. The summed E-state index contributed by atoms with van der Waals surface area (Å²) in [7, 11) is 0. The predicted octanol–water partition coefficient (Wildman–Crippen LogP) is 4.47. The molecule has 0 bridgehead atoms. The number of nitrogens with one attached hydrogen (secondary N) is 1. The van der Waals surface area contributed by atoms with Gasteiger partial charge in [-0.2, -0.15) is 0 Å². The summed E-state index contributed by atoms with van der Waals surface area (Å²) in [6, 6.07) is 13.2. The van der Waals surface area contributed by atoms with Gasteiger partial charge in [-0.3, -0.25) is 4.79 Å². The Labute approximate surface area is 156 Å². The summed E-state index contributed by atoms with van der Waals surface area (Å²) in [6.07, 6.45) is 13.3. The van der Waals surface area contributed by atoms with Crippen LogP contribution in [0.4, 0.5) is 0 Å². The third-order valence-corrected chi connectivity index (χ3v) is 4.98. The lowest BCUT2D eigenvalue weighted by molar-refractivity contribution is 0.0968. The van der Waals surface area contributed by atoms with Gasteiger partial charge in [0.1, 0.15) is 5.52 Å². The maximum absolute atomic E-state index is 13.0. The minimum absolute atomic E-state index is 0.166. The molecular weight excluding hydrogens is 334 g/mol. The number of rotatable bonds is 2. The van der Waals surface area contributed by atoms with Gasteiger partial charge in [-0.25, -0.2) is 9.97 Å². The second-order valence-corrected chi connectivity index (χ2v) is 6.70. The minimum Gasteiger partial charge on any atom is -0.322 e.